The third-order valence-corrected chi connectivity index (χ3v) is 2.14. The Labute approximate surface area is 101 Å². The number of hydrogen-bond donors (Lipinski definition) is 0. The zero-order chi connectivity index (χ0) is 13.1. The Bertz CT molecular complexity index is 409. The number of nitrogens with zero attached hydrogens (tertiary/aromatic N) is 1. The van der Waals surface area contributed by atoms with Crippen molar-refractivity contribution in [2.75, 3.05) is 7.11 Å². The fourth-order valence-corrected chi connectivity index (χ4v) is 1.28. The van der Waals surface area contributed by atoms with Gasteiger partial charge in [-0.05, 0) is 32.9 Å². The third kappa shape index (κ3) is 4.03. The maximum absolute atomic E-state index is 10.9. The van der Waals surface area contributed by atoms with Crippen LogP contribution in [0.15, 0.2) is 18.2 Å². The molecule has 0 unspecified atom stereocenters. The number of rotatable bonds is 4. The Morgan fingerprint density at radius 3 is 2.47 bits per heavy atom. The van der Waals surface area contributed by atoms with Gasteiger partial charge in [-0.15, -0.1) is 0 Å². The number of nitro groups is 1. The summed E-state index contributed by atoms with van der Waals surface area (Å²) in [6.45, 7) is 5.90. The zero-order valence-corrected chi connectivity index (χ0v) is 10.5. The monoisotopic (exact) mass is 239 g/mol. The van der Waals surface area contributed by atoms with E-state index in [0.717, 1.165) is 0 Å². The molecule has 1 aromatic rings. The molecule has 0 fully saturated rings. The molecule has 94 valence electrons. The van der Waals surface area contributed by atoms with Gasteiger partial charge in [0, 0.05) is 6.07 Å². The SMILES string of the molecule is COc1ccc([N+](=O)[O-])c(COC(C)(C)C)c1. The number of hydrogen-bond acceptors (Lipinski definition) is 4. The van der Waals surface area contributed by atoms with Gasteiger partial charge >= 0.3 is 0 Å². The highest BCUT2D eigenvalue weighted by Crippen LogP contribution is 2.25. The predicted octanol–water partition coefficient (Wildman–Crippen LogP) is 2.92. The lowest BCUT2D eigenvalue weighted by Gasteiger charge is -2.19. The minimum Gasteiger partial charge on any atom is -0.497 e. The molecule has 0 bridgehead atoms. The molecule has 0 aliphatic rings. The average Bonchev–Trinajstić information content (AvgIpc) is 2.24. The fraction of sp³-hybridized carbons (Fsp3) is 0.500. The molecule has 5 heteroatoms. The van der Waals surface area contributed by atoms with E-state index in [1.807, 2.05) is 20.8 Å². The van der Waals surface area contributed by atoms with Crippen molar-refractivity contribution >= 4 is 5.69 Å². The van der Waals surface area contributed by atoms with Crippen LogP contribution in [0.5, 0.6) is 5.75 Å². The summed E-state index contributed by atoms with van der Waals surface area (Å²) >= 11 is 0. The number of benzene rings is 1. The van der Waals surface area contributed by atoms with E-state index in [2.05, 4.69) is 0 Å². The quantitative estimate of drug-likeness (QED) is 0.598. The molecule has 0 radical (unpaired) electrons. The van der Waals surface area contributed by atoms with Crippen molar-refractivity contribution in [3.63, 3.8) is 0 Å². The standard InChI is InChI=1S/C12H17NO4/c1-12(2,3)17-8-9-7-10(16-4)5-6-11(9)13(14)15/h5-7H,8H2,1-4H3. The molecular weight excluding hydrogens is 222 g/mol. The van der Waals surface area contributed by atoms with Crippen molar-refractivity contribution in [3.8, 4) is 5.75 Å². The van der Waals surface area contributed by atoms with Crippen LogP contribution in [0.25, 0.3) is 0 Å². The zero-order valence-electron chi connectivity index (χ0n) is 10.5. The molecule has 0 spiro atoms. The molecule has 0 aromatic heterocycles. The van der Waals surface area contributed by atoms with Crippen LogP contribution in [0.1, 0.15) is 26.3 Å². The lowest BCUT2D eigenvalue weighted by atomic mass is 10.1. The second-order valence-corrected chi connectivity index (χ2v) is 4.65. The van der Waals surface area contributed by atoms with E-state index in [4.69, 9.17) is 9.47 Å². The van der Waals surface area contributed by atoms with Crippen LogP contribution in [0.3, 0.4) is 0 Å². The highest BCUT2D eigenvalue weighted by molar-refractivity contribution is 5.44. The van der Waals surface area contributed by atoms with Crippen LogP contribution >= 0.6 is 0 Å². The first kappa shape index (κ1) is 13.4. The second kappa shape index (κ2) is 5.14. The van der Waals surface area contributed by atoms with Crippen LogP contribution in [-0.2, 0) is 11.3 Å². The van der Waals surface area contributed by atoms with Crippen LogP contribution in [0.4, 0.5) is 5.69 Å². The Morgan fingerprint density at radius 2 is 2.00 bits per heavy atom. The van der Waals surface area contributed by atoms with E-state index >= 15 is 0 Å². The first-order valence-corrected chi connectivity index (χ1v) is 5.29. The van der Waals surface area contributed by atoms with E-state index in [0.29, 0.717) is 11.3 Å². The number of ether oxygens (including phenoxy) is 2. The van der Waals surface area contributed by atoms with Crippen molar-refractivity contribution < 1.29 is 14.4 Å². The van der Waals surface area contributed by atoms with Gasteiger partial charge < -0.3 is 9.47 Å². The van der Waals surface area contributed by atoms with Gasteiger partial charge in [0.05, 0.1) is 29.8 Å². The van der Waals surface area contributed by atoms with Gasteiger partial charge in [0.1, 0.15) is 5.75 Å². The van der Waals surface area contributed by atoms with E-state index in [9.17, 15) is 10.1 Å². The maximum Gasteiger partial charge on any atom is 0.275 e. The van der Waals surface area contributed by atoms with Gasteiger partial charge in [-0.25, -0.2) is 0 Å². The Balaban J connectivity index is 2.97. The molecule has 0 atom stereocenters. The van der Waals surface area contributed by atoms with E-state index < -0.39 is 4.92 Å². The first-order chi connectivity index (χ1) is 7.83. The average molecular weight is 239 g/mol. The molecular formula is C12H17NO4. The van der Waals surface area contributed by atoms with Crippen molar-refractivity contribution in [2.45, 2.75) is 33.0 Å². The van der Waals surface area contributed by atoms with Gasteiger partial charge in [-0.2, -0.15) is 0 Å². The molecule has 1 rings (SSSR count). The molecule has 0 saturated carbocycles. The van der Waals surface area contributed by atoms with E-state index in [1.54, 1.807) is 12.1 Å². The van der Waals surface area contributed by atoms with Crippen molar-refractivity contribution in [3.05, 3.63) is 33.9 Å². The lowest BCUT2D eigenvalue weighted by molar-refractivity contribution is -0.386. The van der Waals surface area contributed by atoms with E-state index in [1.165, 1.54) is 13.2 Å². The number of methoxy groups -OCH3 is 1. The van der Waals surface area contributed by atoms with Crippen molar-refractivity contribution in [1.82, 2.24) is 0 Å². The normalized spacial score (nSPS) is 11.3. The Morgan fingerprint density at radius 1 is 1.35 bits per heavy atom. The Kier molecular flexibility index (Phi) is 4.07. The summed E-state index contributed by atoms with van der Waals surface area (Å²) in [4.78, 5) is 10.4. The van der Waals surface area contributed by atoms with Gasteiger partial charge in [0.2, 0.25) is 0 Å². The molecule has 0 aliphatic carbocycles. The maximum atomic E-state index is 10.9. The van der Waals surface area contributed by atoms with Crippen LogP contribution in [0.2, 0.25) is 0 Å². The van der Waals surface area contributed by atoms with Gasteiger partial charge in [0.15, 0.2) is 0 Å². The summed E-state index contributed by atoms with van der Waals surface area (Å²) in [7, 11) is 1.52. The molecule has 0 saturated heterocycles. The Hall–Kier alpha value is -1.62. The fourth-order valence-electron chi connectivity index (χ4n) is 1.28. The topological polar surface area (TPSA) is 61.6 Å². The summed E-state index contributed by atoms with van der Waals surface area (Å²) < 4.78 is 10.6. The number of nitro benzene ring substituents is 1. The minimum atomic E-state index is -0.416. The van der Waals surface area contributed by atoms with Crippen LogP contribution in [-0.4, -0.2) is 17.6 Å². The van der Waals surface area contributed by atoms with E-state index in [-0.39, 0.29) is 17.9 Å². The second-order valence-electron chi connectivity index (χ2n) is 4.65. The molecule has 0 N–H and O–H groups in total. The van der Waals surface area contributed by atoms with Crippen molar-refractivity contribution in [1.29, 1.82) is 0 Å². The molecule has 0 aliphatic heterocycles. The summed E-state index contributed by atoms with van der Waals surface area (Å²) in [6, 6.07) is 4.63. The van der Waals surface area contributed by atoms with Crippen LogP contribution < -0.4 is 4.74 Å². The highest BCUT2D eigenvalue weighted by atomic mass is 16.6. The smallest absolute Gasteiger partial charge is 0.275 e. The van der Waals surface area contributed by atoms with Crippen LogP contribution in [0, 0.1) is 10.1 Å². The molecule has 0 heterocycles. The van der Waals surface area contributed by atoms with Gasteiger partial charge in [-0.3, -0.25) is 10.1 Å². The first-order valence-electron chi connectivity index (χ1n) is 5.29. The molecule has 0 amide bonds. The molecule has 5 nitrogen and oxygen atoms in total. The van der Waals surface area contributed by atoms with Gasteiger partial charge in [0.25, 0.3) is 5.69 Å². The summed E-state index contributed by atoms with van der Waals surface area (Å²) in [5, 5.41) is 10.9. The third-order valence-electron chi connectivity index (χ3n) is 2.14. The van der Waals surface area contributed by atoms with Crippen molar-refractivity contribution in [2.24, 2.45) is 0 Å². The predicted molar refractivity (Wildman–Crippen MR) is 64.2 cm³/mol. The summed E-state index contributed by atoms with van der Waals surface area (Å²) in [6.07, 6.45) is 0. The molecule has 1 aromatic carbocycles. The molecule has 17 heavy (non-hydrogen) atoms. The summed E-state index contributed by atoms with van der Waals surface area (Å²) in [5.41, 5.74) is 0.232. The largest absolute Gasteiger partial charge is 0.497 e. The minimum absolute atomic E-state index is 0.0510. The lowest BCUT2D eigenvalue weighted by Crippen LogP contribution is -2.19. The van der Waals surface area contributed by atoms with Gasteiger partial charge in [-0.1, -0.05) is 0 Å². The highest BCUT2D eigenvalue weighted by Gasteiger charge is 2.17. The summed E-state index contributed by atoms with van der Waals surface area (Å²) in [5.74, 6) is 0.586.